The Labute approximate surface area is 186 Å². The Kier molecular flexibility index (Phi) is 7.69. The number of hydrogen-bond donors (Lipinski definition) is 1. The van der Waals surface area contributed by atoms with Crippen LogP contribution in [0.15, 0.2) is 42.5 Å². The van der Waals surface area contributed by atoms with Gasteiger partial charge < -0.3 is 10.1 Å². The third-order valence-corrected chi connectivity index (χ3v) is 5.02. The molecule has 2 rings (SSSR count). The summed E-state index contributed by atoms with van der Waals surface area (Å²) in [5.41, 5.74) is 0.301. The van der Waals surface area contributed by atoms with E-state index in [-0.39, 0.29) is 0 Å². The molecule has 0 spiro atoms. The van der Waals surface area contributed by atoms with Crippen LogP contribution in [0.25, 0.3) is 11.1 Å². The topological polar surface area (TPSA) is 38.3 Å². The number of nitrogens with one attached hydrogen (secondary N) is 1. The van der Waals surface area contributed by atoms with Crippen molar-refractivity contribution in [3.63, 3.8) is 0 Å². The number of ether oxygens (including phenoxy) is 1. The highest BCUT2D eigenvalue weighted by molar-refractivity contribution is 6.31. The van der Waals surface area contributed by atoms with Gasteiger partial charge in [0.15, 0.2) is 0 Å². The van der Waals surface area contributed by atoms with Crippen LogP contribution in [-0.2, 0) is 17.3 Å². The average Bonchev–Trinajstić information content (AvgIpc) is 2.60. The molecule has 0 unspecified atom stereocenters. The predicted octanol–water partition coefficient (Wildman–Crippen LogP) is 7.65. The van der Waals surface area contributed by atoms with Gasteiger partial charge in [0.2, 0.25) is 0 Å². The van der Waals surface area contributed by atoms with Gasteiger partial charge in [0, 0.05) is 10.6 Å². The molecule has 0 saturated heterocycles. The number of alkyl halides is 3. The second-order valence-electron chi connectivity index (χ2n) is 9.25. The monoisotopic (exact) mass is 455 g/mol. The van der Waals surface area contributed by atoms with E-state index in [1.54, 1.807) is 18.2 Å². The Hall–Kier alpha value is -2.21. The molecule has 0 saturated carbocycles. The molecule has 1 N–H and O–H groups in total. The van der Waals surface area contributed by atoms with Crippen molar-refractivity contribution in [2.75, 3.05) is 0 Å². The first-order valence-corrected chi connectivity index (χ1v) is 10.5. The Morgan fingerprint density at radius 1 is 1.00 bits per heavy atom. The molecule has 7 heteroatoms. The summed E-state index contributed by atoms with van der Waals surface area (Å²) in [6.07, 6.45) is -2.69. The van der Waals surface area contributed by atoms with Crippen LogP contribution < -0.4 is 5.32 Å². The fourth-order valence-corrected chi connectivity index (χ4v) is 3.44. The molecule has 0 fully saturated rings. The van der Waals surface area contributed by atoms with Crippen molar-refractivity contribution in [1.82, 2.24) is 5.32 Å². The summed E-state index contributed by atoms with van der Waals surface area (Å²) in [5.74, 6) is 0. The Morgan fingerprint density at radius 3 is 2.23 bits per heavy atom. The number of hydrogen-bond acceptors (Lipinski definition) is 2. The quantitative estimate of drug-likeness (QED) is 0.485. The number of rotatable bonds is 6. The number of halogens is 4. The minimum absolute atomic E-state index is 0.452. The SMILES string of the molecule is CC(C)(CCCc1ccc(-c2cccc(C(F)(F)F)c2)cc1Cl)NC(=O)OC(C)(C)C. The van der Waals surface area contributed by atoms with Gasteiger partial charge in [-0.3, -0.25) is 0 Å². The van der Waals surface area contributed by atoms with E-state index in [0.29, 0.717) is 29.0 Å². The summed E-state index contributed by atoms with van der Waals surface area (Å²) in [6.45, 7) is 9.28. The van der Waals surface area contributed by atoms with Gasteiger partial charge in [-0.25, -0.2) is 4.79 Å². The molecule has 0 heterocycles. The maximum Gasteiger partial charge on any atom is 0.416 e. The standard InChI is InChI=1S/C24H29ClF3NO2/c1-22(2,3)31-21(30)29-23(4,5)13-7-9-16-11-12-18(15-20(16)25)17-8-6-10-19(14-17)24(26,27)28/h6,8,10-12,14-15H,7,9,13H2,1-5H3,(H,29,30). The maximum absolute atomic E-state index is 13.0. The first kappa shape index (κ1) is 25.1. The third kappa shape index (κ3) is 8.09. The summed E-state index contributed by atoms with van der Waals surface area (Å²) >= 11 is 6.40. The fourth-order valence-electron chi connectivity index (χ4n) is 3.17. The zero-order valence-corrected chi connectivity index (χ0v) is 19.2. The van der Waals surface area contributed by atoms with Crippen LogP contribution in [0.2, 0.25) is 5.02 Å². The first-order chi connectivity index (χ1) is 14.2. The van der Waals surface area contributed by atoms with Crippen LogP contribution >= 0.6 is 11.6 Å². The molecule has 0 radical (unpaired) electrons. The van der Waals surface area contributed by atoms with Crippen molar-refractivity contribution in [3.05, 3.63) is 58.6 Å². The number of aryl methyl sites for hydroxylation is 1. The highest BCUT2D eigenvalue weighted by Gasteiger charge is 2.30. The Balaban J connectivity index is 2.00. The lowest BCUT2D eigenvalue weighted by atomic mass is 9.94. The van der Waals surface area contributed by atoms with Crippen LogP contribution in [0.3, 0.4) is 0 Å². The normalized spacial score (nSPS) is 12.5. The van der Waals surface area contributed by atoms with Gasteiger partial charge >= 0.3 is 12.3 Å². The van der Waals surface area contributed by atoms with E-state index in [4.69, 9.17) is 16.3 Å². The van der Waals surface area contributed by atoms with Gasteiger partial charge in [-0.1, -0.05) is 35.9 Å². The predicted molar refractivity (Wildman–Crippen MR) is 118 cm³/mol. The van der Waals surface area contributed by atoms with Crippen molar-refractivity contribution in [2.24, 2.45) is 0 Å². The van der Waals surface area contributed by atoms with Gasteiger partial charge in [0.1, 0.15) is 5.60 Å². The van der Waals surface area contributed by atoms with E-state index in [1.165, 1.54) is 6.07 Å². The van der Waals surface area contributed by atoms with Crippen molar-refractivity contribution in [3.8, 4) is 11.1 Å². The Morgan fingerprint density at radius 2 is 1.65 bits per heavy atom. The number of alkyl carbamates (subject to hydrolysis) is 1. The molecule has 0 aliphatic rings. The van der Waals surface area contributed by atoms with Crippen molar-refractivity contribution >= 4 is 17.7 Å². The highest BCUT2D eigenvalue weighted by Crippen LogP contribution is 2.33. The Bertz CT molecular complexity index is 918. The molecule has 0 aliphatic heterocycles. The van der Waals surface area contributed by atoms with E-state index in [0.717, 1.165) is 24.1 Å². The van der Waals surface area contributed by atoms with Crippen LogP contribution in [0.5, 0.6) is 0 Å². The van der Waals surface area contributed by atoms with Crippen LogP contribution in [0, 0.1) is 0 Å². The molecule has 170 valence electrons. The maximum atomic E-state index is 13.0. The summed E-state index contributed by atoms with van der Waals surface area (Å²) in [5, 5.41) is 3.38. The summed E-state index contributed by atoms with van der Waals surface area (Å²) < 4.78 is 44.2. The molecule has 0 bridgehead atoms. The summed E-state index contributed by atoms with van der Waals surface area (Å²) in [6, 6.07) is 10.5. The molecule has 1 amide bonds. The van der Waals surface area contributed by atoms with Gasteiger partial charge in [-0.05, 0) is 88.8 Å². The minimum atomic E-state index is -4.39. The molecule has 31 heavy (non-hydrogen) atoms. The largest absolute Gasteiger partial charge is 0.444 e. The van der Waals surface area contributed by atoms with Crippen LogP contribution in [-0.4, -0.2) is 17.2 Å². The summed E-state index contributed by atoms with van der Waals surface area (Å²) in [4.78, 5) is 12.0. The third-order valence-electron chi connectivity index (χ3n) is 4.66. The molecule has 2 aromatic rings. The van der Waals surface area contributed by atoms with Crippen LogP contribution in [0.1, 0.15) is 58.6 Å². The molecular weight excluding hydrogens is 427 g/mol. The molecular formula is C24H29ClF3NO2. The molecule has 0 atom stereocenters. The lowest BCUT2D eigenvalue weighted by Gasteiger charge is -2.28. The number of carbonyl (C=O) groups excluding carboxylic acids is 1. The van der Waals surface area contributed by atoms with Gasteiger partial charge in [-0.15, -0.1) is 0 Å². The number of benzene rings is 2. The van der Waals surface area contributed by atoms with Crippen molar-refractivity contribution < 1.29 is 22.7 Å². The van der Waals surface area contributed by atoms with Gasteiger partial charge in [-0.2, -0.15) is 13.2 Å². The lowest BCUT2D eigenvalue weighted by Crippen LogP contribution is -2.45. The van der Waals surface area contributed by atoms with Crippen LogP contribution in [0.4, 0.5) is 18.0 Å². The van der Waals surface area contributed by atoms with Gasteiger partial charge in [0.05, 0.1) is 5.56 Å². The number of carbonyl (C=O) groups is 1. The van der Waals surface area contributed by atoms with Crippen molar-refractivity contribution in [1.29, 1.82) is 0 Å². The number of amides is 1. The average molecular weight is 456 g/mol. The molecule has 2 aromatic carbocycles. The molecule has 0 aromatic heterocycles. The zero-order chi connectivity index (χ0) is 23.4. The van der Waals surface area contributed by atoms with E-state index in [9.17, 15) is 18.0 Å². The van der Waals surface area contributed by atoms with E-state index >= 15 is 0 Å². The lowest BCUT2D eigenvalue weighted by molar-refractivity contribution is -0.137. The van der Waals surface area contributed by atoms with E-state index in [1.807, 2.05) is 40.7 Å². The van der Waals surface area contributed by atoms with E-state index < -0.39 is 29.0 Å². The fraction of sp³-hybridized carbons (Fsp3) is 0.458. The molecule has 0 aliphatic carbocycles. The first-order valence-electron chi connectivity index (χ1n) is 10.1. The second-order valence-corrected chi connectivity index (χ2v) is 9.66. The summed E-state index contributed by atoms with van der Waals surface area (Å²) in [7, 11) is 0. The van der Waals surface area contributed by atoms with Crippen molar-refractivity contribution in [2.45, 2.75) is 71.2 Å². The molecule has 3 nitrogen and oxygen atoms in total. The minimum Gasteiger partial charge on any atom is -0.444 e. The highest BCUT2D eigenvalue weighted by atomic mass is 35.5. The zero-order valence-electron chi connectivity index (χ0n) is 18.5. The smallest absolute Gasteiger partial charge is 0.416 e. The van der Waals surface area contributed by atoms with Gasteiger partial charge in [0.25, 0.3) is 0 Å². The second kappa shape index (κ2) is 9.51. The van der Waals surface area contributed by atoms with E-state index in [2.05, 4.69) is 5.32 Å².